The summed E-state index contributed by atoms with van der Waals surface area (Å²) < 4.78 is 7.12. The van der Waals surface area contributed by atoms with Crippen molar-refractivity contribution in [3.63, 3.8) is 0 Å². The lowest BCUT2D eigenvalue weighted by atomic mass is 10.1. The van der Waals surface area contributed by atoms with Crippen molar-refractivity contribution in [1.82, 2.24) is 25.0 Å². The molecule has 0 fully saturated rings. The first kappa shape index (κ1) is 13.6. The van der Waals surface area contributed by atoms with Crippen LogP contribution in [0.25, 0.3) is 21.8 Å². The molecule has 0 atom stereocenters. The predicted octanol–water partition coefficient (Wildman–Crippen LogP) is 2.91. The number of aromatic amines is 1. The number of aromatic nitrogens is 5. The molecule has 0 radical (unpaired) electrons. The zero-order valence-electron chi connectivity index (χ0n) is 13.1. The van der Waals surface area contributed by atoms with Gasteiger partial charge in [0, 0.05) is 24.0 Å². The lowest BCUT2D eigenvalue weighted by Gasteiger charge is -2.09. The third-order valence-corrected chi connectivity index (χ3v) is 4.08. The first-order valence-corrected chi connectivity index (χ1v) is 7.24. The van der Waals surface area contributed by atoms with Crippen molar-refractivity contribution in [3.8, 4) is 5.75 Å². The number of ether oxygens (including phenoxy) is 1. The normalized spacial score (nSPS) is 11.3. The number of nitrogens with zero attached hydrogens (tertiary/aromatic N) is 4. The van der Waals surface area contributed by atoms with Gasteiger partial charge in [-0.1, -0.05) is 0 Å². The predicted molar refractivity (Wildman–Crippen MR) is 89.2 cm³/mol. The van der Waals surface area contributed by atoms with Gasteiger partial charge >= 0.3 is 0 Å². The number of nitrogens with one attached hydrogen (secondary N) is 2. The molecular formula is C16H16N6O. The number of fused-ring (bicyclic) bond motifs is 3. The standard InChI is InChI=1S/C16H16N6O/c1-9-14(8-18-22(9)2)20-16-15-12(7-17-21-15)11-6-10(23-3)4-5-13(11)19-16/h4-8H,1-3H3,(H,17,21)(H,19,20). The van der Waals surface area contributed by atoms with Crippen LogP contribution >= 0.6 is 0 Å². The zero-order valence-corrected chi connectivity index (χ0v) is 13.1. The molecule has 0 bridgehead atoms. The van der Waals surface area contributed by atoms with Crippen LogP contribution in [0, 0.1) is 6.92 Å². The molecule has 0 saturated carbocycles. The Morgan fingerprint density at radius 1 is 1.26 bits per heavy atom. The van der Waals surface area contributed by atoms with Crippen molar-refractivity contribution in [2.24, 2.45) is 7.05 Å². The van der Waals surface area contributed by atoms with E-state index >= 15 is 0 Å². The maximum absolute atomic E-state index is 5.31. The first-order chi connectivity index (χ1) is 11.2. The van der Waals surface area contributed by atoms with Gasteiger partial charge in [-0.25, -0.2) is 4.98 Å². The van der Waals surface area contributed by atoms with E-state index in [9.17, 15) is 0 Å². The Labute approximate surface area is 132 Å². The maximum Gasteiger partial charge on any atom is 0.159 e. The molecule has 0 amide bonds. The highest BCUT2D eigenvalue weighted by molar-refractivity contribution is 6.09. The van der Waals surface area contributed by atoms with Crippen LogP contribution in [0.3, 0.4) is 0 Å². The van der Waals surface area contributed by atoms with Crippen molar-refractivity contribution in [1.29, 1.82) is 0 Å². The van der Waals surface area contributed by atoms with Crippen LogP contribution in [0.4, 0.5) is 11.5 Å². The number of H-pyrrole nitrogens is 1. The number of anilines is 2. The highest BCUT2D eigenvalue weighted by Crippen LogP contribution is 2.32. The summed E-state index contributed by atoms with van der Waals surface area (Å²) in [5, 5.41) is 16.8. The third kappa shape index (κ3) is 2.09. The molecule has 0 aliphatic rings. The van der Waals surface area contributed by atoms with E-state index in [-0.39, 0.29) is 0 Å². The van der Waals surface area contributed by atoms with Crippen LogP contribution in [0.1, 0.15) is 5.69 Å². The number of rotatable bonds is 3. The number of aryl methyl sites for hydroxylation is 1. The second kappa shape index (κ2) is 4.98. The van der Waals surface area contributed by atoms with E-state index in [0.717, 1.165) is 38.9 Å². The molecule has 116 valence electrons. The topological polar surface area (TPSA) is 80.7 Å². The fourth-order valence-electron chi connectivity index (χ4n) is 2.64. The summed E-state index contributed by atoms with van der Waals surface area (Å²) in [4.78, 5) is 4.71. The first-order valence-electron chi connectivity index (χ1n) is 7.24. The van der Waals surface area contributed by atoms with E-state index < -0.39 is 0 Å². The third-order valence-electron chi connectivity index (χ3n) is 4.08. The Balaban J connectivity index is 1.92. The lowest BCUT2D eigenvalue weighted by Crippen LogP contribution is -1.98. The monoisotopic (exact) mass is 308 g/mol. The quantitative estimate of drug-likeness (QED) is 0.608. The van der Waals surface area contributed by atoms with Gasteiger partial charge < -0.3 is 10.1 Å². The largest absolute Gasteiger partial charge is 0.497 e. The summed E-state index contributed by atoms with van der Waals surface area (Å²) in [5.41, 5.74) is 3.61. The highest BCUT2D eigenvalue weighted by atomic mass is 16.5. The van der Waals surface area contributed by atoms with Gasteiger partial charge in [0.2, 0.25) is 0 Å². The summed E-state index contributed by atoms with van der Waals surface area (Å²) >= 11 is 0. The van der Waals surface area contributed by atoms with Crippen molar-refractivity contribution in [2.45, 2.75) is 6.92 Å². The van der Waals surface area contributed by atoms with Crippen LogP contribution < -0.4 is 10.1 Å². The van der Waals surface area contributed by atoms with Crippen LogP contribution in [0.2, 0.25) is 0 Å². The number of hydrogen-bond acceptors (Lipinski definition) is 5. The zero-order chi connectivity index (χ0) is 16.0. The summed E-state index contributed by atoms with van der Waals surface area (Å²) in [6.07, 6.45) is 3.66. The Bertz CT molecular complexity index is 1020. The van der Waals surface area contributed by atoms with E-state index in [0.29, 0.717) is 5.82 Å². The van der Waals surface area contributed by atoms with Gasteiger partial charge in [-0.15, -0.1) is 0 Å². The highest BCUT2D eigenvalue weighted by Gasteiger charge is 2.13. The summed E-state index contributed by atoms with van der Waals surface area (Å²) in [6.45, 7) is 2.00. The maximum atomic E-state index is 5.31. The number of hydrogen-bond donors (Lipinski definition) is 2. The average molecular weight is 308 g/mol. The van der Waals surface area contributed by atoms with Gasteiger partial charge in [0.25, 0.3) is 0 Å². The number of methoxy groups -OCH3 is 1. The van der Waals surface area contributed by atoms with Crippen molar-refractivity contribution in [3.05, 3.63) is 36.3 Å². The Hall–Kier alpha value is -3.09. The van der Waals surface area contributed by atoms with E-state index in [4.69, 9.17) is 9.72 Å². The fraction of sp³-hybridized carbons (Fsp3) is 0.188. The molecule has 0 aliphatic heterocycles. The molecular weight excluding hydrogens is 292 g/mol. The van der Waals surface area contributed by atoms with Gasteiger partial charge in [-0.2, -0.15) is 10.2 Å². The molecule has 23 heavy (non-hydrogen) atoms. The fourth-order valence-corrected chi connectivity index (χ4v) is 2.64. The second-order valence-electron chi connectivity index (χ2n) is 5.38. The Morgan fingerprint density at radius 2 is 2.13 bits per heavy atom. The van der Waals surface area contributed by atoms with E-state index in [1.807, 2.05) is 43.0 Å². The van der Waals surface area contributed by atoms with Crippen LogP contribution in [-0.4, -0.2) is 32.1 Å². The molecule has 7 heteroatoms. The summed E-state index contributed by atoms with van der Waals surface area (Å²) in [6, 6.07) is 5.82. The SMILES string of the molecule is COc1ccc2nc(Nc3cnn(C)c3C)c3n[nH]cc3c2c1. The van der Waals surface area contributed by atoms with Crippen LogP contribution in [-0.2, 0) is 7.05 Å². The Kier molecular flexibility index (Phi) is 2.94. The van der Waals surface area contributed by atoms with E-state index in [1.54, 1.807) is 13.3 Å². The summed E-state index contributed by atoms with van der Waals surface area (Å²) in [5.74, 6) is 1.50. The van der Waals surface area contributed by atoms with Gasteiger partial charge in [0.15, 0.2) is 5.82 Å². The van der Waals surface area contributed by atoms with Crippen molar-refractivity contribution >= 4 is 33.3 Å². The second-order valence-corrected chi connectivity index (χ2v) is 5.38. The lowest BCUT2D eigenvalue weighted by molar-refractivity contribution is 0.415. The molecule has 0 unspecified atom stereocenters. The molecule has 3 heterocycles. The van der Waals surface area contributed by atoms with Crippen molar-refractivity contribution in [2.75, 3.05) is 12.4 Å². The molecule has 4 rings (SSSR count). The van der Waals surface area contributed by atoms with Gasteiger partial charge in [-0.3, -0.25) is 9.78 Å². The van der Waals surface area contributed by atoms with Crippen LogP contribution in [0.15, 0.2) is 30.6 Å². The summed E-state index contributed by atoms with van der Waals surface area (Å²) in [7, 11) is 3.56. The molecule has 0 saturated heterocycles. The molecule has 3 aromatic heterocycles. The van der Waals surface area contributed by atoms with Gasteiger partial charge in [0.1, 0.15) is 11.3 Å². The molecule has 4 aromatic rings. The molecule has 7 nitrogen and oxygen atoms in total. The van der Waals surface area contributed by atoms with E-state index in [2.05, 4.69) is 20.6 Å². The number of pyridine rings is 1. The molecule has 0 spiro atoms. The molecule has 2 N–H and O–H groups in total. The van der Waals surface area contributed by atoms with Gasteiger partial charge in [0.05, 0.1) is 30.2 Å². The van der Waals surface area contributed by atoms with Crippen molar-refractivity contribution < 1.29 is 4.74 Å². The van der Waals surface area contributed by atoms with Crippen LogP contribution in [0.5, 0.6) is 5.75 Å². The van der Waals surface area contributed by atoms with E-state index in [1.165, 1.54) is 0 Å². The molecule has 1 aromatic carbocycles. The average Bonchev–Trinajstić information content (AvgIpc) is 3.17. The Morgan fingerprint density at radius 3 is 2.87 bits per heavy atom. The molecule has 0 aliphatic carbocycles. The minimum Gasteiger partial charge on any atom is -0.497 e. The minimum atomic E-state index is 0.704. The number of benzene rings is 1. The smallest absolute Gasteiger partial charge is 0.159 e. The minimum absolute atomic E-state index is 0.704. The van der Waals surface area contributed by atoms with Gasteiger partial charge in [-0.05, 0) is 25.1 Å².